The van der Waals surface area contributed by atoms with E-state index in [9.17, 15) is 18.0 Å². The summed E-state index contributed by atoms with van der Waals surface area (Å²) < 4.78 is 49.2. The topological polar surface area (TPSA) is 63.7 Å². The van der Waals surface area contributed by atoms with Crippen molar-refractivity contribution < 1.29 is 27.4 Å². The zero-order valence-corrected chi connectivity index (χ0v) is 16.8. The fraction of sp³-hybridized carbons (Fsp3) is 0.429. The number of carbonyl (C=O) groups is 1. The van der Waals surface area contributed by atoms with E-state index >= 15 is 0 Å². The van der Waals surface area contributed by atoms with Crippen LogP contribution in [0.4, 0.5) is 18.9 Å². The minimum Gasteiger partial charge on any atom is -0.455 e. The van der Waals surface area contributed by atoms with Gasteiger partial charge in [0.25, 0.3) is 0 Å². The lowest BCUT2D eigenvalue weighted by molar-refractivity contribution is -0.141. The highest BCUT2D eigenvalue weighted by Gasteiger charge is 2.32. The molecule has 0 saturated carbocycles. The van der Waals surface area contributed by atoms with E-state index in [4.69, 9.17) is 9.47 Å². The zero-order valence-electron chi connectivity index (χ0n) is 16.8. The number of rotatable bonds is 7. The van der Waals surface area contributed by atoms with Crippen molar-refractivity contribution in [3.05, 3.63) is 47.8 Å². The molecule has 1 aromatic heterocycles. The van der Waals surface area contributed by atoms with Gasteiger partial charge in [-0.15, -0.1) is 0 Å². The second-order valence-corrected chi connectivity index (χ2v) is 7.01. The van der Waals surface area contributed by atoms with Gasteiger partial charge in [0.15, 0.2) is 0 Å². The van der Waals surface area contributed by atoms with Gasteiger partial charge in [-0.05, 0) is 44.5 Å². The SMILES string of the molecule is CCOCC(=O)N[C@H]1CCN(c2cccc(Oc3ccc(C(F)(F)F)nc3C)c2)C1. The first-order chi connectivity index (χ1) is 14.3. The summed E-state index contributed by atoms with van der Waals surface area (Å²) in [6.45, 7) is 5.28. The third-order valence-electron chi connectivity index (χ3n) is 4.73. The van der Waals surface area contributed by atoms with Gasteiger partial charge in [0, 0.05) is 37.5 Å². The highest BCUT2D eigenvalue weighted by Crippen LogP contribution is 2.32. The van der Waals surface area contributed by atoms with Gasteiger partial charge in [-0.25, -0.2) is 4.98 Å². The van der Waals surface area contributed by atoms with Crippen LogP contribution in [0.5, 0.6) is 11.5 Å². The first-order valence-corrected chi connectivity index (χ1v) is 9.71. The summed E-state index contributed by atoms with van der Waals surface area (Å²) in [7, 11) is 0. The predicted molar refractivity (Wildman–Crippen MR) is 106 cm³/mol. The summed E-state index contributed by atoms with van der Waals surface area (Å²) in [6.07, 6.45) is -3.68. The van der Waals surface area contributed by atoms with Crippen molar-refractivity contribution in [2.24, 2.45) is 0 Å². The molecule has 1 aromatic carbocycles. The predicted octanol–water partition coefficient (Wildman–Crippen LogP) is 3.93. The van der Waals surface area contributed by atoms with Crippen molar-refractivity contribution in [2.75, 3.05) is 31.2 Å². The van der Waals surface area contributed by atoms with Crippen LogP contribution in [-0.2, 0) is 15.7 Å². The number of pyridine rings is 1. The van der Waals surface area contributed by atoms with Crippen molar-refractivity contribution in [1.82, 2.24) is 10.3 Å². The average molecular weight is 423 g/mol. The molecule has 30 heavy (non-hydrogen) atoms. The number of ether oxygens (including phenoxy) is 2. The summed E-state index contributed by atoms with van der Waals surface area (Å²) >= 11 is 0. The van der Waals surface area contributed by atoms with Gasteiger partial charge in [0.05, 0.1) is 5.69 Å². The number of anilines is 1. The number of halogens is 3. The van der Waals surface area contributed by atoms with E-state index in [1.807, 2.05) is 25.1 Å². The van der Waals surface area contributed by atoms with Gasteiger partial charge in [-0.3, -0.25) is 4.79 Å². The molecule has 1 aliphatic rings. The molecule has 1 amide bonds. The van der Waals surface area contributed by atoms with Crippen LogP contribution in [0.1, 0.15) is 24.7 Å². The molecule has 6 nitrogen and oxygen atoms in total. The number of carbonyl (C=O) groups excluding carboxylic acids is 1. The number of hydrogen-bond donors (Lipinski definition) is 1. The lowest BCUT2D eigenvalue weighted by Gasteiger charge is -2.20. The monoisotopic (exact) mass is 423 g/mol. The van der Waals surface area contributed by atoms with Crippen molar-refractivity contribution in [3.63, 3.8) is 0 Å². The molecule has 2 heterocycles. The second-order valence-electron chi connectivity index (χ2n) is 7.01. The van der Waals surface area contributed by atoms with E-state index in [2.05, 4.69) is 15.2 Å². The Hall–Kier alpha value is -2.81. The van der Waals surface area contributed by atoms with Crippen LogP contribution in [0.3, 0.4) is 0 Å². The number of amides is 1. The number of hydrogen-bond acceptors (Lipinski definition) is 5. The Kier molecular flexibility index (Phi) is 6.81. The summed E-state index contributed by atoms with van der Waals surface area (Å²) in [6, 6.07) is 9.51. The first kappa shape index (κ1) is 21.9. The van der Waals surface area contributed by atoms with Gasteiger partial charge in [0.1, 0.15) is 23.8 Å². The third kappa shape index (κ3) is 5.63. The van der Waals surface area contributed by atoms with Crippen LogP contribution >= 0.6 is 0 Å². The van der Waals surface area contributed by atoms with E-state index < -0.39 is 11.9 Å². The van der Waals surface area contributed by atoms with Crippen molar-refractivity contribution >= 4 is 11.6 Å². The summed E-state index contributed by atoms with van der Waals surface area (Å²) in [5, 5.41) is 2.96. The maximum atomic E-state index is 12.8. The smallest absolute Gasteiger partial charge is 0.433 e. The van der Waals surface area contributed by atoms with Gasteiger partial charge < -0.3 is 19.7 Å². The molecule has 0 spiro atoms. The standard InChI is InChI=1S/C21H24F3N3O3/c1-3-29-13-20(28)26-15-9-10-27(12-15)16-5-4-6-17(11-16)30-18-7-8-19(21(22,23)24)25-14(18)2/h4-8,11,15H,3,9-10,12-13H2,1-2H3,(H,26,28)/t15-/m0/s1. The largest absolute Gasteiger partial charge is 0.455 e. The van der Waals surface area contributed by atoms with Crippen molar-refractivity contribution in [1.29, 1.82) is 0 Å². The molecule has 1 aliphatic heterocycles. The minimum atomic E-state index is -4.49. The van der Waals surface area contributed by atoms with E-state index in [0.717, 1.165) is 24.7 Å². The quantitative estimate of drug-likeness (QED) is 0.731. The zero-order chi connectivity index (χ0) is 21.7. The lowest BCUT2D eigenvalue weighted by Crippen LogP contribution is -2.39. The van der Waals surface area contributed by atoms with Crippen molar-refractivity contribution in [3.8, 4) is 11.5 Å². The molecule has 1 N–H and O–H groups in total. The summed E-state index contributed by atoms with van der Waals surface area (Å²) in [4.78, 5) is 17.5. The van der Waals surface area contributed by atoms with Crippen LogP contribution in [0.25, 0.3) is 0 Å². The Labute approximate surface area is 173 Å². The maximum absolute atomic E-state index is 12.8. The molecule has 1 saturated heterocycles. The lowest BCUT2D eigenvalue weighted by atomic mass is 10.2. The van der Waals surface area contributed by atoms with E-state index in [0.29, 0.717) is 18.9 Å². The number of aromatic nitrogens is 1. The van der Waals surface area contributed by atoms with Crippen LogP contribution in [0, 0.1) is 6.92 Å². The average Bonchev–Trinajstić information content (AvgIpc) is 3.16. The first-order valence-electron chi connectivity index (χ1n) is 9.71. The highest BCUT2D eigenvalue weighted by molar-refractivity contribution is 5.77. The molecule has 0 bridgehead atoms. The Morgan fingerprint density at radius 3 is 2.80 bits per heavy atom. The molecule has 0 aliphatic carbocycles. The molecule has 2 aromatic rings. The van der Waals surface area contributed by atoms with Gasteiger partial charge in [0.2, 0.25) is 5.91 Å². The number of aryl methyl sites for hydroxylation is 1. The fourth-order valence-corrected chi connectivity index (χ4v) is 3.26. The van der Waals surface area contributed by atoms with Gasteiger partial charge >= 0.3 is 6.18 Å². The Morgan fingerprint density at radius 2 is 2.10 bits per heavy atom. The molecular formula is C21H24F3N3O3. The highest BCUT2D eigenvalue weighted by atomic mass is 19.4. The molecule has 3 rings (SSSR count). The van der Waals surface area contributed by atoms with Gasteiger partial charge in [-0.2, -0.15) is 13.2 Å². The third-order valence-corrected chi connectivity index (χ3v) is 4.73. The summed E-state index contributed by atoms with van der Waals surface area (Å²) in [5.41, 5.74) is 0.121. The number of nitrogens with one attached hydrogen (secondary N) is 1. The van der Waals surface area contributed by atoms with Crippen LogP contribution in [0.15, 0.2) is 36.4 Å². The molecule has 162 valence electrons. The van der Waals surface area contributed by atoms with E-state index in [1.54, 1.807) is 6.07 Å². The second kappa shape index (κ2) is 9.34. The number of nitrogens with zero attached hydrogens (tertiary/aromatic N) is 2. The normalized spacial score (nSPS) is 16.6. The fourth-order valence-electron chi connectivity index (χ4n) is 3.26. The van der Waals surface area contributed by atoms with E-state index in [1.165, 1.54) is 13.0 Å². The summed E-state index contributed by atoms with van der Waals surface area (Å²) in [5.74, 6) is 0.634. The molecule has 0 unspecified atom stereocenters. The Morgan fingerprint density at radius 1 is 1.30 bits per heavy atom. The van der Waals surface area contributed by atoms with Crippen LogP contribution in [0.2, 0.25) is 0 Å². The molecule has 0 radical (unpaired) electrons. The Bertz CT molecular complexity index is 889. The molecule has 1 fully saturated rings. The van der Waals surface area contributed by atoms with Crippen LogP contribution in [-0.4, -0.2) is 43.2 Å². The molecular weight excluding hydrogens is 399 g/mol. The van der Waals surface area contributed by atoms with E-state index in [-0.39, 0.29) is 30.0 Å². The molecule has 9 heteroatoms. The van der Waals surface area contributed by atoms with Gasteiger partial charge in [-0.1, -0.05) is 6.07 Å². The Balaban J connectivity index is 1.64. The minimum absolute atomic E-state index is 0.0314. The maximum Gasteiger partial charge on any atom is 0.433 e. The number of benzene rings is 1. The van der Waals surface area contributed by atoms with Crippen molar-refractivity contribution in [2.45, 2.75) is 32.5 Å². The molecule has 1 atom stereocenters. The number of alkyl halides is 3. The van der Waals surface area contributed by atoms with Crippen LogP contribution < -0.4 is 15.0 Å².